The van der Waals surface area contributed by atoms with Gasteiger partial charge in [0.15, 0.2) is 0 Å². The first kappa shape index (κ1) is 12.4. The monoisotopic (exact) mass is 282 g/mol. The Balaban J connectivity index is 2.43. The molecule has 1 heteroatoms. The van der Waals surface area contributed by atoms with Crippen molar-refractivity contribution in [1.82, 2.24) is 0 Å². The van der Waals surface area contributed by atoms with E-state index in [0.717, 1.165) is 0 Å². The van der Waals surface area contributed by atoms with Crippen LogP contribution in [0.4, 0.5) is 0 Å². The first-order chi connectivity index (χ1) is 7.40. The topological polar surface area (TPSA) is 0 Å². The van der Waals surface area contributed by atoms with E-state index in [0.29, 0.717) is 15.7 Å². The normalized spacial score (nSPS) is 38.2. The summed E-state index contributed by atoms with van der Waals surface area (Å²) in [6.45, 7) is 9.50. The maximum Gasteiger partial charge on any atom is 0.0240 e. The van der Waals surface area contributed by atoms with E-state index >= 15 is 0 Å². The average Bonchev–Trinajstić information content (AvgIpc) is 2.24. The van der Waals surface area contributed by atoms with Gasteiger partial charge in [0.25, 0.3) is 0 Å². The molecule has 2 rings (SSSR count). The van der Waals surface area contributed by atoms with Crippen LogP contribution in [0.3, 0.4) is 0 Å². The molecule has 0 radical (unpaired) electrons. The lowest BCUT2D eigenvalue weighted by Gasteiger charge is -2.54. The van der Waals surface area contributed by atoms with E-state index in [-0.39, 0.29) is 0 Å². The molecule has 0 aromatic rings. The van der Waals surface area contributed by atoms with Gasteiger partial charge in [-0.25, -0.2) is 0 Å². The number of alkyl halides is 1. The molecule has 0 saturated heterocycles. The van der Waals surface area contributed by atoms with Crippen LogP contribution < -0.4 is 0 Å². The Morgan fingerprint density at radius 2 is 1.94 bits per heavy atom. The maximum absolute atomic E-state index is 3.90. The molecule has 0 amide bonds. The quantitative estimate of drug-likeness (QED) is 0.421. The van der Waals surface area contributed by atoms with Crippen LogP contribution in [0, 0.1) is 10.8 Å². The second-order valence-corrected chi connectivity index (χ2v) is 7.25. The first-order valence-electron chi connectivity index (χ1n) is 6.37. The standard InChI is InChI=1S/C15H23Br/c1-11-7-9-15(10-8-11)12(2)5-6-13(16)14(15,3)4/h5,7,13H,6,8-10H2,1-4H3/t13-,15-/m1/s1. The van der Waals surface area contributed by atoms with E-state index in [1.807, 2.05) is 0 Å². The summed E-state index contributed by atoms with van der Waals surface area (Å²) in [5, 5.41) is 0. The second kappa shape index (κ2) is 4.01. The molecule has 2 atom stereocenters. The molecule has 90 valence electrons. The molecule has 0 nitrogen and oxygen atoms in total. The number of halogens is 1. The maximum atomic E-state index is 3.90. The van der Waals surface area contributed by atoms with Gasteiger partial charge in [-0.15, -0.1) is 0 Å². The van der Waals surface area contributed by atoms with Crippen LogP contribution in [0.5, 0.6) is 0 Å². The third-order valence-corrected chi connectivity index (χ3v) is 6.67. The second-order valence-electron chi connectivity index (χ2n) is 6.15. The van der Waals surface area contributed by atoms with E-state index in [9.17, 15) is 0 Å². The van der Waals surface area contributed by atoms with Gasteiger partial charge < -0.3 is 0 Å². The fraction of sp³-hybridized carbons (Fsp3) is 0.733. The molecule has 2 aliphatic carbocycles. The summed E-state index contributed by atoms with van der Waals surface area (Å²) in [6, 6.07) is 0. The first-order valence-corrected chi connectivity index (χ1v) is 7.29. The van der Waals surface area contributed by atoms with Crippen LogP contribution in [-0.4, -0.2) is 4.83 Å². The summed E-state index contributed by atoms with van der Waals surface area (Å²) in [7, 11) is 0. The molecule has 16 heavy (non-hydrogen) atoms. The number of hydrogen-bond acceptors (Lipinski definition) is 0. The molecular formula is C15H23Br. The molecule has 0 aromatic heterocycles. The average molecular weight is 283 g/mol. The zero-order valence-electron chi connectivity index (χ0n) is 10.9. The summed E-state index contributed by atoms with van der Waals surface area (Å²) in [5.41, 5.74) is 3.96. The minimum Gasteiger partial charge on any atom is -0.0881 e. The van der Waals surface area contributed by atoms with Gasteiger partial charge in [-0.3, -0.25) is 0 Å². The van der Waals surface area contributed by atoms with Crippen molar-refractivity contribution < 1.29 is 0 Å². The Hall–Kier alpha value is -0.0400. The Bertz CT molecular complexity index is 348. The molecule has 1 spiro atoms. The van der Waals surface area contributed by atoms with Crippen molar-refractivity contribution >= 4 is 15.9 Å². The lowest BCUT2D eigenvalue weighted by atomic mass is 9.52. The van der Waals surface area contributed by atoms with E-state index in [1.165, 1.54) is 25.7 Å². The van der Waals surface area contributed by atoms with E-state index in [2.05, 4.69) is 55.8 Å². The van der Waals surface area contributed by atoms with Crippen LogP contribution in [0.15, 0.2) is 23.3 Å². The van der Waals surface area contributed by atoms with Crippen LogP contribution in [0.1, 0.15) is 53.4 Å². The van der Waals surface area contributed by atoms with Gasteiger partial charge in [-0.2, -0.15) is 0 Å². The molecule has 0 heterocycles. The van der Waals surface area contributed by atoms with Gasteiger partial charge in [0.1, 0.15) is 0 Å². The van der Waals surface area contributed by atoms with Crippen molar-refractivity contribution in [3.8, 4) is 0 Å². The Morgan fingerprint density at radius 3 is 2.50 bits per heavy atom. The van der Waals surface area contributed by atoms with E-state index in [4.69, 9.17) is 0 Å². The summed E-state index contributed by atoms with van der Waals surface area (Å²) in [5.74, 6) is 0. The molecule has 0 bridgehead atoms. The SMILES string of the molecule is CC1=CC[C@@]2(CC1)C(C)=CC[C@@H](Br)C2(C)C. The number of hydrogen-bond donors (Lipinski definition) is 0. The fourth-order valence-corrected chi connectivity index (χ4v) is 4.11. The van der Waals surface area contributed by atoms with Crippen molar-refractivity contribution in [3.05, 3.63) is 23.3 Å². The van der Waals surface area contributed by atoms with Gasteiger partial charge in [-0.1, -0.05) is 53.1 Å². The van der Waals surface area contributed by atoms with Gasteiger partial charge >= 0.3 is 0 Å². The smallest absolute Gasteiger partial charge is 0.0240 e. The molecule has 0 saturated carbocycles. The van der Waals surface area contributed by atoms with Crippen molar-refractivity contribution in [2.45, 2.75) is 58.2 Å². The van der Waals surface area contributed by atoms with Crippen LogP contribution >= 0.6 is 15.9 Å². The van der Waals surface area contributed by atoms with Gasteiger partial charge in [0, 0.05) is 10.2 Å². The summed E-state index contributed by atoms with van der Waals surface area (Å²) in [4.78, 5) is 0.621. The molecule has 2 aliphatic rings. The highest BCUT2D eigenvalue weighted by Crippen LogP contribution is 2.59. The molecular weight excluding hydrogens is 260 g/mol. The Labute approximate surface area is 108 Å². The predicted octanol–water partition coefficient (Wildman–Crippen LogP) is 5.24. The largest absolute Gasteiger partial charge is 0.0881 e. The molecule has 0 N–H and O–H groups in total. The Morgan fingerprint density at radius 1 is 1.25 bits per heavy atom. The lowest BCUT2D eigenvalue weighted by Crippen LogP contribution is -2.47. The highest BCUT2D eigenvalue weighted by molar-refractivity contribution is 9.09. The van der Waals surface area contributed by atoms with Gasteiger partial charge in [-0.05, 0) is 44.9 Å². The van der Waals surface area contributed by atoms with Crippen molar-refractivity contribution in [2.24, 2.45) is 10.8 Å². The lowest BCUT2D eigenvalue weighted by molar-refractivity contribution is 0.0835. The zero-order valence-corrected chi connectivity index (χ0v) is 12.5. The summed E-state index contributed by atoms with van der Waals surface area (Å²) >= 11 is 3.90. The van der Waals surface area contributed by atoms with Crippen LogP contribution in [0.25, 0.3) is 0 Å². The summed E-state index contributed by atoms with van der Waals surface area (Å²) in [6.07, 6.45) is 9.94. The Kier molecular flexibility index (Phi) is 3.11. The number of allylic oxidation sites excluding steroid dienone is 4. The third kappa shape index (κ3) is 1.63. The van der Waals surface area contributed by atoms with E-state index < -0.39 is 0 Å². The van der Waals surface area contributed by atoms with Crippen LogP contribution in [-0.2, 0) is 0 Å². The zero-order chi connectivity index (χ0) is 12.0. The third-order valence-electron chi connectivity index (χ3n) is 5.15. The highest BCUT2D eigenvalue weighted by atomic mass is 79.9. The van der Waals surface area contributed by atoms with Gasteiger partial charge in [0.2, 0.25) is 0 Å². The molecule has 0 fully saturated rings. The molecule has 0 unspecified atom stereocenters. The van der Waals surface area contributed by atoms with Gasteiger partial charge in [0.05, 0.1) is 0 Å². The minimum atomic E-state index is 0.364. The highest BCUT2D eigenvalue weighted by Gasteiger charge is 2.51. The van der Waals surface area contributed by atoms with E-state index in [1.54, 1.807) is 11.1 Å². The van der Waals surface area contributed by atoms with Crippen molar-refractivity contribution in [3.63, 3.8) is 0 Å². The molecule has 0 aliphatic heterocycles. The molecule has 0 aromatic carbocycles. The van der Waals surface area contributed by atoms with Crippen molar-refractivity contribution in [2.75, 3.05) is 0 Å². The summed E-state index contributed by atoms with van der Waals surface area (Å²) < 4.78 is 0. The predicted molar refractivity (Wildman–Crippen MR) is 74.9 cm³/mol. The fourth-order valence-electron chi connectivity index (χ4n) is 3.48. The van der Waals surface area contributed by atoms with Crippen molar-refractivity contribution in [1.29, 1.82) is 0 Å². The minimum absolute atomic E-state index is 0.364. The number of rotatable bonds is 0. The van der Waals surface area contributed by atoms with Crippen LogP contribution in [0.2, 0.25) is 0 Å².